The van der Waals surface area contributed by atoms with Gasteiger partial charge in [0.25, 0.3) is 5.56 Å². The van der Waals surface area contributed by atoms with Crippen molar-refractivity contribution in [3.05, 3.63) is 75.2 Å². The molecular weight excluding hydrogens is 470 g/mol. The zero-order valence-electron chi connectivity index (χ0n) is 21.4. The van der Waals surface area contributed by atoms with Gasteiger partial charge in [0.05, 0.1) is 17.1 Å². The Bertz CT molecular complexity index is 1470. The molecule has 0 aliphatic carbocycles. The lowest BCUT2D eigenvalue weighted by atomic mass is 10.1. The Labute approximate surface area is 211 Å². The van der Waals surface area contributed by atoms with Crippen LogP contribution in [0.5, 0.6) is 0 Å². The molecule has 1 aliphatic heterocycles. The summed E-state index contributed by atoms with van der Waals surface area (Å²) in [4.78, 5) is 37.5. The van der Waals surface area contributed by atoms with Gasteiger partial charge >= 0.3 is 5.69 Å². The first-order chi connectivity index (χ1) is 17.3. The molecule has 0 radical (unpaired) electrons. The number of H-pyrrole nitrogens is 1. The quantitative estimate of drug-likeness (QED) is 0.281. The second-order valence-electron chi connectivity index (χ2n) is 10.9. The Morgan fingerprint density at radius 3 is 2.67 bits per heavy atom. The van der Waals surface area contributed by atoms with Crippen molar-refractivity contribution in [3.8, 4) is 0 Å². The minimum Gasteiger partial charge on any atom is -0.361 e. The maximum atomic E-state index is 14.1. The average molecular weight is 506 g/mol. The van der Waals surface area contributed by atoms with Gasteiger partial charge in [-0.2, -0.15) is 0 Å². The summed E-state index contributed by atoms with van der Waals surface area (Å²) < 4.78 is 8.97. The van der Waals surface area contributed by atoms with E-state index < -0.39 is 8.07 Å². The SMILES string of the molecule is C[Si](C)(C)CCOCn1c(=O)c2cnc3[nH]ccc3c2n(C2CCCCN2Cc2ccccc2)c1=O. The van der Waals surface area contributed by atoms with Gasteiger partial charge in [-0.1, -0.05) is 50.0 Å². The van der Waals surface area contributed by atoms with E-state index >= 15 is 0 Å². The summed E-state index contributed by atoms with van der Waals surface area (Å²) in [5.41, 5.74) is 1.86. The summed E-state index contributed by atoms with van der Waals surface area (Å²) >= 11 is 0. The van der Waals surface area contributed by atoms with Crippen LogP contribution >= 0.6 is 0 Å². The van der Waals surface area contributed by atoms with Crippen LogP contribution in [-0.2, 0) is 18.0 Å². The van der Waals surface area contributed by atoms with Gasteiger partial charge in [-0.15, -0.1) is 0 Å². The third-order valence-electron chi connectivity index (χ3n) is 7.03. The summed E-state index contributed by atoms with van der Waals surface area (Å²) in [6.07, 6.45) is 6.18. The number of pyridine rings is 1. The van der Waals surface area contributed by atoms with E-state index in [-0.39, 0.29) is 24.1 Å². The Morgan fingerprint density at radius 1 is 1.08 bits per heavy atom. The van der Waals surface area contributed by atoms with E-state index in [1.807, 2.05) is 28.8 Å². The number of benzene rings is 1. The molecule has 1 aromatic carbocycles. The van der Waals surface area contributed by atoms with Gasteiger partial charge < -0.3 is 9.72 Å². The fraction of sp³-hybridized carbons (Fsp3) is 0.444. The maximum absolute atomic E-state index is 14.1. The molecular formula is C27H35N5O3Si. The number of nitrogens with zero attached hydrogens (tertiary/aromatic N) is 4. The van der Waals surface area contributed by atoms with Gasteiger partial charge in [0.1, 0.15) is 12.4 Å². The van der Waals surface area contributed by atoms with E-state index in [1.54, 1.807) is 12.4 Å². The van der Waals surface area contributed by atoms with Crippen molar-refractivity contribution in [2.75, 3.05) is 13.2 Å². The van der Waals surface area contributed by atoms with Crippen molar-refractivity contribution in [3.63, 3.8) is 0 Å². The number of aromatic amines is 1. The van der Waals surface area contributed by atoms with E-state index in [9.17, 15) is 9.59 Å². The Balaban J connectivity index is 1.63. The molecule has 5 rings (SSSR count). The second kappa shape index (κ2) is 10.2. The largest absolute Gasteiger partial charge is 0.361 e. The van der Waals surface area contributed by atoms with Crippen LogP contribution in [0.15, 0.2) is 58.4 Å². The number of nitrogens with one attached hydrogen (secondary N) is 1. The Hall–Kier alpha value is -3.01. The van der Waals surface area contributed by atoms with Crippen LogP contribution in [0.1, 0.15) is 31.0 Å². The van der Waals surface area contributed by atoms with Gasteiger partial charge in [-0.3, -0.25) is 14.3 Å². The number of likely N-dealkylation sites (tertiary alicyclic amines) is 1. The van der Waals surface area contributed by atoms with Crippen LogP contribution in [0, 0.1) is 0 Å². The molecule has 0 amide bonds. The number of piperidine rings is 1. The minimum atomic E-state index is -1.29. The standard InChI is InChI=1S/C27H35N5O3Si/c1-36(2,3)16-15-35-19-31-26(33)22-17-29-25-21(12-13-28-25)24(22)32(27(31)34)23-11-7-8-14-30(23)18-20-9-5-4-6-10-20/h4-6,9-10,12-13,17,23H,7-8,11,14-16,18-19H2,1-3H3,(H,28,29). The molecule has 1 N–H and O–H groups in total. The van der Waals surface area contributed by atoms with E-state index in [4.69, 9.17) is 4.74 Å². The van der Waals surface area contributed by atoms with E-state index in [0.29, 0.717) is 23.2 Å². The van der Waals surface area contributed by atoms with Crippen LogP contribution in [0.4, 0.5) is 0 Å². The van der Waals surface area contributed by atoms with Gasteiger partial charge in [0.15, 0.2) is 0 Å². The first-order valence-electron chi connectivity index (χ1n) is 12.8. The number of aromatic nitrogens is 4. The van der Waals surface area contributed by atoms with Crippen molar-refractivity contribution in [1.29, 1.82) is 0 Å². The van der Waals surface area contributed by atoms with Gasteiger partial charge in [-0.05, 0) is 36.9 Å². The highest BCUT2D eigenvalue weighted by molar-refractivity contribution is 6.76. The number of hydrogen-bond donors (Lipinski definition) is 1. The topological polar surface area (TPSA) is 85.2 Å². The first kappa shape index (κ1) is 24.7. The van der Waals surface area contributed by atoms with Crippen molar-refractivity contribution in [2.45, 2.75) is 64.4 Å². The molecule has 4 heterocycles. The van der Waals surface area contributed by atoms with E-state index in [1.165, 1.54) is 10.1 Å². The highest BCUT2D eigenvalue weighted by atomic mass is 28.3. The number of fused-ring (bicyclic) bond motifs is 3. The first-order valence-corrected chi connectivity index (χ1v) is 16.5. The fourth-order valence-corrected chi connectivity index (χ4v) is 5.82. The van der Waals surface area contributed by atoms with Crippen LogP contribution < -0.4 is 11.2 Å². The fourth-order valence-electron chi connectivity index (χ4n) is 5.06. The highest BCUT2D eigenvalue weighted by Crippen LogP contribution is 2.31. The van der Waals surface area contributed by atoms with Crippen LogP contribution in [0.3, 0.4) is 0 Å². The maximum Gasteiger partial charge on any atom is 0.334 e. The monoisotopic (exact) mass is 505 g/mol. The molecule has 0 spiro atoms. The molecule has 36 heavy (non-hydrogen) atoms. The number of ether oxygens (including phenoxy) is 1. The molecule has 3 aromatic heterocycles. The third-order valence-corrected chi connectivity index (χ3v) is 8.74. The van der Waals surface area contributed by atoms with Crippen molar-refractivity contribution in [1.82, 2.24) is 24.0 Å². The smallest absolute Gasteiger partial charge is 0.334 e. The Morgan fingerprint density at radius 2 is 1.89 bits per heavy atom. The zero-order chi connectivity index (χ0) is 25.3. The molecule has 4 aromatic rings. The molecule has 190 valence electrons. The van der Waals surface area contributed by atoms with Crippen molar-refractivity contribution < 1.29 is 4.74 Å². The van der Waals surface area contributed by atoms with Gasteiger partial charge in [0.2, 0.25) is 0 Å². The summed E-state index contributed by atoms with van der Waals surface area (Å²) in [5, 5.41) is 1.24. The third kappa shape index (κ3) is 4.96. The summed E-state index contributed by atoms with van der Waals surface area (Å²) in [5.74, 6) is 0. The molecule has 9 heteroatoms. The summed E-state index contributed by atoms with van der Waals surface area (Å²) in [6, 6.07) is 13.2. The minimum absolute atomic E-state index is 0.0470. The molecule has 1 unspecified atom stereocenters. The van der Waals surface area contributed by atoms with Crippen molar-refractivity contribution >= 4 is 30.0 Å². The van der Waals surface area contributed by atoms with E-state index in [0.717, 1.165) is 43.8 Å². The highest BCUT2D eigenvalue weighted by Gasteiger charge is 2.29. The molecule has 1 aliphatic rings. The Kier molecular flexibility index (Phi) is 6.96. The van der Waals surface area contributed by atoms with Crippen molar-refractivity contribution in [2.24, 2.45) is 0 Å². The lowest BCUT2D eigenvalue weighted by Gasteiger charge is -2.37. The normalized spacial score (nSPS) is 17.2. The molecule has 1 saturated heterocycles. The average Bonchev–Trinajstić information content (AvgIpc) is 3.34. The summed E-state index contributed by atoms with van der Waals surface area (Å²) in [7, 11) is -1.29. The zero-order valence-corrected chi connectivity index (χ0v) is 22.4. The molecule has 1 fully saturated rings. The summed E-state index contributed by atoms with van der Waals surface area (Å²) in [6.45, 7) is 8.97. The number of hydrogen-bond acceptors (Lipinski definition) is 5. The van der Waals surface area contributed by atoms with Gasteiger partial charge in [0, 0.05) is 45.6 Å². The van der Waals surface area contributed by atoms with Crippen LogP contribution in [-0.4, -0.2) is 45.2 Å². The molecule has 0 bridgehead atoms. The molecule has 1 atom stereocenters. The second-order valence-corrected chi connectivity index (χ2v) is 16.5. The molecule has 8 nitrogen and oxygen atoms in total. The van der Waals surface area contributed by atoms with Crippen LogP contribution in [0.2, 0.25) is 25.7 Å². The number of rotatable bonds is 8. The van der Waals surface area contributed by atoms with Crippen LogP contribution in [0.25, 0.3) is 21.9 Å². The van der Waals surface area contributed by atoms with Gasteiger partial charge in [-0.25, -0.2) is 14.3 Å². The van der Waals surface area contributed by atoms with E-state index in [2.05, 4.69) is 46.6 Å². The lowest BCUT2D eigenvalue weighted by Crippen LogP contribution is -2.47. The lowest BCUT2D eigenvalue weighted by molar-refractivity contribution is 0.0674. The predicted molar refractivity (Wildman–Crippen MR) is 146 cm³/mol. The molecule has 0 saturated carbocycles. The predicted octanol–water partition coefficient (Wildman–Crippen LogP) is 4.54.